The van der Waals surface area contributed by atoms with Crippen molar-refractivity contribution in [3.05, 3.63) is 35.9 Å². The minimum absolute atomic E-state index is 0.297. The van der Waals surface area contributed by atoms with Crippen molar-refractivity contribution in [1.82, 2.24) is 21.3 Å². The number of cyclic esters (lactones) is 1. The van der Waals surface area contributed by atoms with Crippen LogP contribution < -0.4 is 21.3 Å². The largest absolute Gasteiger partial charge is 0.463 e. The van der Waals surface area contributed by atoms with Gasteiger partial charge in [0.25, 0.3) is 5.91 Å². The molecule has 10 heteroatoms. The van der Waals surface area contributed by atoms with E-state index < -0.39 is 57.2 Å². The molecule has 1 fully saturated rings. The lowest BCUT2D eigenvalue weighted by atomic mass is 9.86. The second-order valence-corrected chi connectivity index (χ2v) is 11.6. The van der Waals surface area contributed by atoms with Crippen molar-refractivity contribution >= 4 is 29.6 Å². The maximum Gasteiger partial charge on any atom is 0.331 e. The number of carbonyl (C=O) groups is 5. The van der Waals surface area contributed by atoms with Gasteiger partial charge in [0.05, 0.1) is 5.41 Å². The minimum atomic E-state index is -1.57. The molecule has 0 bridgehead atoms. The third-order valence-electron chi connectivity index (χ3n) is 6.27. The average Bonchev–Trinajstić information content (AvgIpc) is 2.76. The summed E-state index contributed by atoms with van der Waals surface area (Å²) in [6, 6.07) is 8.61. The molecule has 4 N–H and O–H groups in total. The van der Waals surface area contributed by atoms with Gasteiger partial charge in [-0.05, 0) is 67.9 Å². The maximum atomic E-state index is 13.6. The minimum Gasteiger partial charge on any atom is -0.463 e. The molecule has 0 radical (unpaired) electrons. The Morgan fingerprint density at radius 3 is 1.53 bits per heavy atom. The van der Waals surface area contributed by atoms with Crippen LogP contribution in [0.25, 0.3) is 0 Å². The number of esters is 1. The highest BCUT2D eigenvalue weighted by Crippen LogP contribution is 2.26. The number of amides is 4. The van der Waals surface area contributed by atoms with Crippen LogP contribution in [0.4, 0.5) is 0 Å². The maximum absolute atomic E-state index is 13.6. The summed E-state index contributed by atoms with van der Waals surface area (Å²) in [7, 11) is 0. The van der Waals surface area contributed by atoms with Crippen LogP contribution >= 0.6 is 0 Å². The normalized spacial score (nSPS) is 26.5. The number of benzene rings is 1. The lowest BCUT2D eigenvalue weighted by Crippen LogP contribution is -2.67. The van der Waals surface area contributed by atoms with E-state index in [0.717, 1.165) is 0 Å². The topological polar surface area (TPSA) is 143 Å². The van der Waals surface area contributed by atoms with Crippen molar-refractivity contribution in [2.45, 2.75) is 84.5 Å². The first-order valence-electron chi connectivity index (χ1n) is 11.8. The number of nitrogens with one attached hydrogen (secondary N) is 4. The Kier molecular flexibility index (Phi) is 7.64. The fourth-order valence-electron chi connectivity index (χ4n) is 3.37. The van der Waals surface area contributed by atoms with Crippen LogP contribution in [0.1, 0.15) is 67.9 Å². The molecule has 1 aliphatic heterocycles. The number of hydrogen-bond acceptors (Lipinski definition) is 6. The van der Waals surface area contributed by atoms with E-state index in [0.29, 0.717) is 5.56 Å². The Labute approximate surface area is 212 Å². The Balaban J connectivity index is 2.60. The van der Waals surface area contributed by atoms with E-state index in [1.807, 2.05) is 0 Å². The zero-order valence-electron chi connectivity index (χ0n) is 22.5. The molecule has 2 rings (SSSR count). The summed E-state index contributed by atoms with van der Waals surface area (Å²) in [5.74, 6) is -3.20. The van der Waals surface area contributed by atoms with Gasteiger partial charge in [-0.2, -0.15) is 0 Å². The molecule has 198 valence electrons. The summed E-state index contributed by atoms with van der Waals surface area (Å²) >= 11 is 0. The van der Waals surface area contributed by atoms with E-state index in [2.05, 4.69) is 21.3 Å². The first-order valence-corrected chi connectivity index (χ1v) is 11.8. The molecule has 1 unspecified atom stereocenters. The zero-order chi connectivity index (χ0) is 27.7. The van der Waals surface area contributed by atoms with Crippen LogP contribution in [0.15, 0.2) is 30.3 Å². The van der Waals surface area contributed by atoms with Crippen LogP contribution in [0, 0.1) is 5.41 Å². The van der Waals surface area contributed by atoms with Crippen molar-refractivity contribution in [3.63, 3.8) is 0 Å². The average molecular weight is 503 g/mol. The van der Waals surface area contributed by atoms with E-state index in [1.54, 1.807) is 44.2 Å². The highest BCUT2D eigenvalue weighted by atomic mass is 16.5. The monoisotopic (exact) mass is 502 g/mol. The summed E-state index contributed by atoms with van der Waals surface area (Å²) in [5.41, 5.74) is -6.64. The molecule has 36 heavy (non-hydrogen) atoms. The first-order chi connectivity index (χ1) is 16.2. The van der Waals surface area contributed by atoms with Gasteiger partial charge in [-0.25, -0.2) is 4.79 Å². The number of rotatable bonds is 1. The lowest BCUT2D eigenvalue weighted by Gasteiger charge is -2.39. The van der Waals surface area contributed by atoms with Gasteiger partial charge in [-0.1, -0.05) is 30.3 Å². The zero-order valence-corrected chi connectivity index (χ0v) is 22.5. The van der Waals surface area contributed by atoms with Crippen LogP contribution in [0.5, 0.6) is 0 Å². The summed E-state index contributed by atoms with van der Waals surface area (Å²) in [6.07, 6.45) is 0. The van der Waals surface area contributed by atoms with Crippen LogP contribution in [-0.2, 0) is 34.2 Å². The molecular formula is C26H38N4O6. The van der Waals surface area contributed by atoms with Gasteiger partial charge in [-0.3, -0.25) is 19.2 Å². The summed E-state index contributed by atoms with van der Waals surface area (Å²) < 4.78 is 5.41. The Bertz CT molecular complexity index is 1060. The second-order valence-electron chi connectivity index (χ2n) is 11.6. The van der Waals surface area contributed by atoms with Crippen molar-refractivity contribution in [3.8, 4) is 0 Å². The van der Waals surface area contributed by atoms with E-state index in [1.165, 1.54) is 48.5 Å². The van der Waals surface area contributed by atoms with Crippen LogP contribution in [0.3, 0.4) is 0 Å². The van der Waals surface area contributed by atoms with Gasteiger partial charge in [0.1, 0.15) is 28.8 Å². The quantitative estimate of drug-likeness (QED) is 0.426. The van der Waals surface area contributed by atoms with Gasteiger partial charge in [0.15, 0.2) is 0 Å². The van der Waals surface area contributed by atoms with Gasteiger partial charge < -0.3 is 26.0 Å². The Morgan fingerprint density at radius 1 is 0.583 bits per heavy atom. The van der Waals surface area contributed by atoms with Gasteiger partial charge in [-0.15, -0.1) is 0 Å². The van der Waals surface area contributed by atoms with Crippen molar-refractivity contribution in [2.24, 2.45) is 5.41 Å². The van der Waals surface area contributed by atoms with Crippen molar-refractivity contribution < 1.29 is 28.7 Å². The van der Waals surface area contributed by atoms with E-state index in [9.17, 15) is 24.0 Å². The molecule has 0 aliphatic carbocycles. The standard InChI is InChI=1S/C26H38N4O6/c1-22(2)15-36-21(35)25(7,8)28-19(33)23(3,4)27-18(32)24(5,6)29-20(34)26(9,30-17(22)31)16-13-11-10-12-14-16/h10-14H,15H2,1-9H3,(H,27,32)(H,28,33)(H,29,34)(H,30,31). The van der Waals surface area contributed by atoms with Crippen molar-refractivity contribution in [2.75, 3.05) is 6.61 Å². The molecule has 1 atom stereocenters. The SMILES string of the molecule is CC1(C)COC(=O)C(C)(C)NC(=O)C(C)(C)NC(=O)C(C)(C)NC(=O)C(C)(c2ccccc2)NC1=O. The number of hydrogen-bond donors (Lipinski definition) is 4. The smallest absolute Gasteiger partial charge is 0.331 e. The fourth-order valence-corrected chi connectivity index (χ4v) is 3.37. The van der Waals surface area contributed by atoms with Crippen LogP contribution in [-0.4, -0.2) is 52.8 Å². The molecule has 1 aromatic rings. The lowest BCUT2D eigenvalue weighted by molar-refractivity contribution is -0.158. The molecule has 4 amide bonds. The van der Waals surface area contributed by atoms with Crippen molar-refractivity contribution in [1.29, 1.82) is 0 Å². The van der Waals surface area contributed by atoms with Gasteiger partial charge >= 0.3 is 5.97 Å². The molecule has 1 aliphatic rings. The Hall–Kier alpha value is -3.43. The number of ether oxygens (including phenoxy) is 1. The predicted molar refractivity (Wildman–Crippen MR) is 133 cm³/mol. The van der Waals surface area contributed by atoms with E-state index >= 15 is 0 Å². The first kappa shape index (κ1) is 28.8. The predicted octanol–water partition coefficient (Wildman–Crippen LogP) is 1.29. The summed E-state index contributed by atoms with van der Waals surface area (Å²) in [4.78, 5) is 66.0. The molecule has 0 saturated carbocycles. The summed E-state index contributed by atoms with van der Waals surface area (Å²) in [6.45, 7) is 13.3. The molecule has 10 nitrogen and oxygen atoms in total. The third kappa shape index (κ3) is 6.03. The van der Waals surface area contributed by atoms with Crippen LogP contribution in [0.2, 0.25) is 0 Å². The highest BCUT2D eigenvalue weighted by molar-refractivity contribution is 6.00. The molecule has 1 heterocycles. The fraction of sp³-hybridized carbons (Fsp3) is 0.577. The second kappa shape index (κ2) is 9.55. The summed E-state index contributed by atoms with van der Waals surface area (Å²) in [5, 5.41) is 10.7. The van der Waals surface area contributed by atoms with Gasteiger partial charge in [0, 0.05) is 0 Å². The molecule has 0 aromatic heterocycles. The number of carbonyl (C=O) groups excluding carboxylic acids is 5. The highest BCUT2D eigenvalue weighted by Gasteiger charge is 2.46. The third-order valence-corrected chi connectivity index (χ3v) is 6.27. The molecule has 0 spiro atoms. The van der Waals surface area contributed by atoms with E-state index in [-0.39, 0.29) is 6.61 Å². The molecule has 1 aromatic carbocycles. The van der Waals surface area contributed by atoms with Gasteiger partial charge in [0.2, 0.25) is 17.7 Å². The molecular weight excluding hydrogens is 464 g/mol. The molecule has 1 saturated heterocycles. The Morgan fingerprint density at radius 2 is 1.03 bits per heavy atom. The van der Waals surface area contributed by atoms with E-state index in [4.69, 9.17) is 4.74 Å².